The third-order valence-electron chi connectivity index (χ3n) is 3.37. The number of nitrogens with one attached hydrogen (secondary N) is 1. The van der Waals surface area contributed by atoms with Crippen LogP contribution in [-0.2, 0) is 13.0 Å². The molecule has 0 saturated heterocycles. The SMILES string of the molecule is CC(CCc1ccccc1)NCc1cccc(C(=O)O)n1. The molecule has 1 atom stereocenters. The molecule has 110 valence electrons. The molecule has 1 unspecified atom stereocenters. The maximum atomic E-state index is 10.9. The van der Waals surface area contributed by atoms with Gasteiger partial charge in [-0.15, -0.1) is 0 Å². The topological polar surface area (TPSA) is 62.2 Å². The minimum atomic E-state index is -0.992. The summed E-state index contributed by atoms with van der Waals surface area (Å²) < 4.78 is 0. The summed E-state index contributed by atoms with van der Waals surface area (Å²) in [5.74, 6) is -0.992. The van der Waals surface area contributed by atoms with Gasteiger partial charge in [-0.2, -0.15) is 0 Å². The second-order valence-electron chi connectivity index (χ2n) is 5.13. The standard InChI is InChI=1S/C17H20N2O2/c1-13(10-11-14-6-3-2-4-7-14)18-12-15-8-5-9-16(19-15)17(20)21/h2-9,13,18H,10-12H2,1H3,(H,20,21). The van der Waals surface area contributed by atoms with Gasteiger partial charge in [-0.1, -0.05) is 36.4 Å². The first-order valence-electron chi connectivity index (χ1n) is 7.11. The third kappa shape index (κ3) is 5.00. The predicted molar refractivity (Wildman–Crippen MR) is 82.3 cm³/mol. The van der Waals surface area contributed by atoms with Crippen molar-refractivity contribution in [1.29, 1.82) is 0 Å². The van der Waals surface area contributed by atoms with Crippen LogP contribution in [0, 0.1) is 0 Å². The number of pyridine rings is 1. The highest BCUT2D eigenvalue weighted by Gasteiger charge is 2.06. The first-order chi connectivity index (χ1) is 10.1. The predicted octanol–water partition coefficient (Wildman–Crippen LogP) is 2.89. The minimum Gasteiger partial charge on any atom is -0.477 e. The zero-order valence-corrected chi connectivity index (χ0v) is 12.1. The Bertz CT molecular complexity index is 584. The van der Waals surface area contributed by atoms with Gasteiger partial charge in [-0.3, -0.25) is 0 Å². The highest BCUT2D eigenvalue weighted by molar-refractivity contribution is 5.85. The number of carboxylic acids is 1. The van der Waals surface area contributed by atoms with E-state index in [2.05, 4.69) is 41.5 Å². The second kappa shape index (κ2) is 7.55. The molecule has 0 aliphatic carbocycles. The van der Waals surface area contributed by atoms with E-state index in [1.54, 1.807) is 6.07 Å². The Balaban J connectivity index is 1.80. The lowest BCUT2D eigenvalue weighted by Gasteiger charge is -2.13. The van der Waals surface area contributed by atoms with E-state index in [-0.39, 0.29) is 5.69 Å². The summed E-state index contributed by atoms with van der Waals surface area (Å²) in [6, 6.07) is 15.8. The molecule has 4 heteroatoms. The van der Waals surface area contributed by atoms with Crippen molar-refractivity contribution in [3.63, 3.8) is 0 Å². The van der Waals surface area contributed by atoms with Crippen molar-refractivity contribution in [3.8, 4) is 0 Å². The number of aromatic nitrogens is 1. The summed E-state index contributed by atoms with van der Waals surface area (Å²) in [6.07, 6.45) is 2.06. The molecule has 0 saturated carbocycles. The second-order valence-corrected chi connectivity index (χ2v) is 5.13. The van der Waals surface area contributed by atoms with Crippen LogP contribution in [0.25, 0.3) is 0 Å². The van der Waals surface area contributed by atoms with E-state index in [9.17, 15) is 4.79 Å². The summed E-state index contributed by atoms with van der Waals surface area (Å²) in [5, 5.41) is 12.3. The normalized spacial score (nSPS) is 12.0. The molecule has 1 aromatic carbocycles. The number of hydrogen-bond acceptors (Lipinski definition) is 3. The van der Waals surface area contributed by atoms with Gasteiger partial charge in [0.1, 0.15) is 5.69 Å². The molecule has 1 heterocycles. The molecule has 0 bridgehead atoms. The van der Waals surface area contributed by atoms with E-state index in [4.69, 9.17) is 5.11 Å². The molecule has 21 heavy (non-hydrogen) atoms. The number of rotatable bonds is 7. The minimum absolute atomic E-state index is 0.0891. The number of aromatic carboxylic acids is 1. The third-order valence-corrected chi connectivity index (χ3v) is 3.37. The van der Waals surface area contributed by atoms with Gasteiger partial charge < -0.3 is 10.4 Å². The van der Waals surface area contributed by atoms with Crippen LogP contribution in [0.4, 0.5) is 0 Å². The largest absolute Gasteiger partial charge is 0.477 e. The number of nitrogens with zero attached hydrogens (tertiary/aromatic N) is 1. The fourth-order valence-electron chi connectivity index (χ4n) is 2.11. The number of carbonyl (C=O) groups is 1. The monoisotopic (exact) mass is 284 g/mol. The van der Waals surface area contributed by atoms with Gasteiger partial charge in [0.2, 0.25) is 0 Å². The molecule has 0 radical (unpaired) electrons. The van der Waals surface area contributed by atoms with E-state index in [0.717, 1.165) is 18.5 Å². The summed E-state index contributed by atoms with van der Waals surface area (Å²) in [5.41, 5.74) is 2.17. The van der Waals surface area contributed by atoms with Gasteiger partial charge in [0.15, 0.2) is 0 Å². The number of benzene rings is 1. The Morgan fingerprint density at radius 1 is 1.19 bits per heavy atom. The Morgan fingerprint density at radius 2 is 1.95 bits per heavy atom. The van der Waals surface area contributed by atoms with Crippen molar-refractivity contribution in [3.05, 3.63) is 65.5 Å². The lowest BCUT2D eigenvalue weighted by Crippen LogP contribution is -2.26. The molecule has 0 spiro atoms. The number of aryl methyl sites for hydroxylation is 1. The van der Waals surface area contributed by atoms with Crippen LogP contribution in [0.1, 0.15) is 35.1 Å². The van der Waals surface area contributed by atoms with Crippen molar-refractivity contribution < 1.29 is 9.90 Å². The Morgan fingerprint density at radius 3 is 2.67 bits per heavy atom. The van der Waals surface area contributed by atoms with E-state index in [0.29, 0.717) is 12.6 Å². The molecule has 0 fully saturated rings. The fraction of sp³-hybridized carbons (Fsp3) is 0.294. The van der Waals surface area contributed by atoms with Gasteiger partial charge in [0, 0.05) is 12.6 Å². The van der Waals surface area contributed by atoms with Crippen LogP contribution < -0.4 is 5.32 Å². The van der Waals surface area contributed by atoms with Crippen LogP contribution in [0.5, 0.6) is 0 Å². The number of carboxylic acid groups (broad SMARTS) is 1. The van der Waals surface area contributed by atoms with Crippen molar-refractivity contribution in [1.82, 2.24) is 10.3 Å². The molecule has 2 aromatic rings. The molecule has 0 aliphatic rings. The first-order valence-corrected chi connectivity index (χ1v) is 7.11. The zero-order chi connectivity index (χ0) is 15.1. The summed E-state index contributed by atoms with van der Waals surface area (Å²) in [6.45, 7) is 2.71. The van der Waals surface area contributed by atoms with Crippen molar-refractivity contribution >= 4 is 5.97 Å². The molecule has 4 nitrogen and oxygen atoms in total. The Labute approximate surface area is 124 Å². The molecule has 0 amide bonds. The molecular formula is C17H20N2O2. The summed E-state index contributed by atoms with van der Waals surface area (Å²) in [4.78, 5) is 15.0. The maximum absolute atomic E-state index is 10.9. The van der Waals surface area contributed by atoms with Crippen LogP contribution in [0.2, 0.25) is 0 Å². The van der Waals surface area contributed by atoms with Crippen molar-refractivity contribution in [2.45, 2.75) is 32.4 Å². The first kappa shape index (κ1) is 15.2. The quantitative estimate of drug-likeness (QED) is 0.820. The smallest absolute Gasteiger partial charge is 0.354 e. The van der Waals surface area contributed by atoms with Crippen LogP contribution in [-0.4, -0.2) is 22.1 Å². The maximum Gasteiger partial charge on any atom is 0.354 e. The Kier molecular flexibility index (Phi) is 5.46. The lowest BCUT2D eigenvalue weighted by molar-refractivity contribution is 0.0690. The lowest BCUT2D eigenvalue weighted by atomic mass is 10.1. The summed E-state index contributed by atoms with van der Waals surface area (Å²) in [7, 11) is 0. The van der Waals surface area contributed by atoms with Gasteiger partial charge in [0.25, 0.3) is 0 Å². The van der Waals surface area contributed by atoms with Crippen LogP contribution in [0.15, 0.2) is 48.5 Å². The zero-order valence-electron chi connectivity index (χ0n) is 12.1. The van der Waals surface area contributed by atoms with Crippen LogP contribution in [0.3, 0.4) is 0 Å². The van der Waals surface area contributed by atoms with Crippen LogP contribution >= 0.6 is 0 Å². The molecule has 0 aliphatic heterocycles. The van der Waals surface area contributed by atoms with Gasteiger partial charge in [-0.25, -0.2) is 9.78 Å². The van der Waals surface area contributed by atoms with E-state index in [1.165, 1.54) is 11.6 Å². The highest BCUT2D eigenvalue weighted by Crippen LogP contribution is 2.06. The summed E-state index contributed by atoms with van der Waals surface area (Å²) >= 11 is 0. The van der Waals surface area contributed by atoms with Gasteiger partial charge >= 0.3 is 5.97 Å². The molecular weight excluding hydrogens is 264 g/mol. The highest BCUT2D eigenvalue weighted by atomic mass is 16.4. The van der Waals surface area contributed by atoms with Crippen molar-refractivity contribution in [2.24, 2.45) is 0 Å². The van der Waals surface area contributed by atoms with E-state index >= 15 is 0 Å². The molecule has 2 N–H and O–H groups in total. The van der Waals surface area contributed by atoms with E-state index in [1.807, 2.05) is 12.1 Å². The fourth-order valence-corrected chi connectivity index (χ4v) is 2.11. The van der Waals surface area contributed by atoms with Crippen molar-refractivity contribution in [2.75, 3.05) is 0 Å². The van der Waals surface area contributed by atoms with E-state index < -0.39 is 5.97 Å². The average Bonchev–Trinajstić information content (AvgIpc) is 2.52. The molecule has 2 rings (SSSR count). The van der Waals surface area contributed by atoms with Gasteiger partial charge in [0.05, 0.1) is 5.69 Å². The average molecular weight is 284 g/mol. The van der Waals surface area contributed by atoms with Gasteiger partial charge in [-0.05, 0) is 37.5 Å². The Hall–Kier alpha value is -2.20. The number of hydrogen-bond donors (Lipinski definition) is 2. The molecule has 1 aromatic heterocycles.